The van der Waals surface area contributed by atoms with E-state index in [0.717, 1.165) is 11.1 Å². The zero-order valence-electron chi connectivity index (χ0n) is 13.5. The molecule has 0 saturated carbocycles. The van der Waals surface area contributed by atoms with Gasteiger partial charge >= 0.3 is 5.97 Å². The topological polar surface area (TPSA) is 107 Å². The summed E-state index contributed by atoms with van der Waals surface area (Å²) < 4.78 is 16.0. The van der Waals surface area contributed by atoms with Gasteiger partial charge in [-0.2, -0.15) is 0 Å². The van der Waals surface area contributed by atoms with E-state index in [1.54, 1.807) is 32.4 Å². The molecular formula is C17H15N3O5. The molecule has 0 fully saturated rings. The van der Waals surface area contributed by atoms with Gasteiger partial charge in [-0.15, -0.1) is 0 Å². The molecule has 1 aromatic heterocycles. The molecule has 2 N–H and O–H groups in total. The molecule has 3 rings (SSSR count). The molecule has 25 heavy (non-hydrogen) atoms. The van der Waals surface area contributed by atoms with Crippen LogP contribution in [0.3, 0.4) is 0 Å². The van der Waals surface area contributed by atoms with Crippen LogP contribution in [0.15, 0.2) is 42.5 Å². The van der Waals surface area contributed by atoms with Crippen LogP contribution in [-0.4, -0.2) is 40.7 Å². The van der Waals surface area contributed by atoms with Crippen LogP contribution in [0, 0.1) is 0 Å². The van der Waals surface area contributed by atoms with E-state index in [2.05, 4.69) is 15.4 Å². The van der Waals surface area contributed by atoms with E-state index < -0.39 is 5.97 Å². The quantitative estimate of drug-likeness (QED) is 0.710. The number of carbonyl (C=O) groups is 1. The van der Waals surface area contributed by atoms with Crippen molar-refractivity contribution in [2.75, 3.05) is 14.2 Å². The summed E-state index contributed by atoms with van der Waals surface area (Å²) in [4.78, 5) is 11.0. The molecule has 0 amide bonds. The first-order chi connectivity index (χ1) is 12.1. The number of aromatic carboxylic acids is 1. The van der Waals surface area contributed by atoms with Crippen LogP contribution < -0.4 is 14.2 Å². The van der Waals surface area contributed by atoms with Crippen LogP contribution >= 0.6 is 0 Å². The standard InChI is InChI=1S/C17H15N3O5/c1-23-13-7-11(8-14(9-13)24-2)10-3-5-12(6-4-10)25-16-15(17(21)22)18-20-19-16/h3-9H,1-2H3,(H,21,22)(H,18,19,20). The molecule has 0 aliphatic carbocycles. The zero-order chi connectivity index (χ0) is 17.8. The normalized spacial score (nSPS) is 10.3. The van der Waals surface area contributed by atoms with Crippen LogP contribution in [0.1, 0.15) is 10.5 Å². The Bertz CT molecular complexity index is 867. The Labute approximate surface area is 143 Å². The highest BCUT2D eigenvalue weighted by Crippen LogP contribution is 2.31. The summed E-state index contributed by atoms with van der Waals surface area (Å²) >= 11 is 0. The van der Waals surface area contributed by atoms with Crippen molar-refractivity contribution < 1.29 is 24.1 Å². The van der Waals surface area contributed by atoms with Crippen molar-refractivity contribution in [2.24, 2.45) is 0 Å². The van der Waals surface area contributed by atoms with Gasteiger partial charge < -0.3 is 19.3 Å². The largest absolute Gasteiger partial charge is 0.497 e. The van der Waals surface area contributed by atoms with Gasteiger partial charge in [-0.05, 0) is 35.4 Å². The lowest BCUT2D eigenvalue weighted by atomic mass is 10.0. The van der Waals surface area contributed by atoms with E-state index in [1.807, 2.05) is 24.3 Å². The highest BCUT2D eigenvalue weighted by atomic mass is 16.5. The Balaban J connectivity index is 1.85. The zero-order valence-corrected chi connectivity index (χ0v) is 13.5. The Morgan fingerprint density at radius 1 is 0.960 bits per heavy atom. The number of methoxy groups -OCH3 is 2. The van der Waals surface area contributed by atoms with Crippen molar-refractivity contribution >= 4 is 5.97 Å². The third-order valence-corrected chi connectivity index (χ3v) is 3.48. The van der Waals surface area contributed by atoms with Crippen LogP contribution in [0.4, 0.5) is 0 Å². The van der Waals surface area contributed by atoms with Gasteiger partial charge in [-0.3, -0.25) is 0 Å². The number of aromatic amines is 1. The van der Waals surface area contributed by atoms with Gasteiger partial charge in [0.2, 0.25) is 5.69 Å². The van der Waals surface area contributed by atoms with E-state index in [1.165, 1.54) is 0 Å². The van der Waals surface area contributed by atoms with Crippen LogP contribution in [-0.2, 0) is 0 Å². The lowest BCUT2D eigenvalue weighted by Crippen LogP contribution is -1.99. The molecule has 128 valence electrons. The highest BCUT2D eigenvalue weighted by Gasteiger charge is 2.16. The van der Waals surface area contributed by atoms with Crippen molar-refractivity contribution in [2.45, 2.75) is 0 Å². The Kier molecular flexibility index (Phi) is 4.51. The smallest absolute Gasteiger partial charge is 0.359 e. The summed E-state index contributed by atoms with van der Waals surface area (Å²) in [5, 5.41) is 18.3. The molecule has 0 aliphatic rings. The monoisotopic (exact) mass is 341 g/mol. The summed E-state index contributed by atoms with van der Waals surface area (Å²) in [7, 11) is 3.18. The fourth-order valence-electron chi connectivity index (χ4n) is 2.23. The van der Waals surface area contributed by atoms with E-state index in [-0.39, 0.29) is 11.6 Å². The number of nitrogens with one attached hydrogen (secondary N) is 1. The van der Waals surface area contributed by atoms with Crippen molar-refractivity contribution in [1.82, 2.24) is 15.4 Å². The number of rotatable bonds is 6. The number of hydrogen-bond donors (Lipinski definition) is 2. The van der Waals surface area contributed by atoms with E-state index in [0.29, 0.717) is 17.2 Å². The summed E-state index contributed by atoms with van der Waals surface area (Å²) in [6, 6.07) is 12.7. The molecule has 0 unspecified atom stereocenters. The average Bonchev–Trinajstić information content (AvgIpc) is 3.10. The van der Waals surface area contributed by atoms with Crippen LogP contribution in [0.25, 0.3) is 11.1 Å². The lowest BCUT2D eigenvalue weighted by Gasteiger charge is -2.09. The first kappa shape index (κ1) is 16.3. The van der Waals surface area contributed by atoms with Crippen molar-refractivity contribution in [3.8, 4) is 34.3 Å². The molecule has 0 bridgehead atoms. The van der Waals surface area contributed by atoms with Crippen molar-refractivity contribution in [1.29, 1.82) is 0 Å². The molecule has 2 aromatic carbocycles. The Hall–Kier alpha value is -3.55. The van der Waals surface area contributed by atoms with Gasteiger partial charge in [-0.25, -0.2) is 9.89 Å². The molecule has 8 heteroatoms. The number of nitrogens with zero attached hydrogens (tertiary/aromatic N) is 2. The maximum atomic E-state index is 11.0. The lowest BCUT2D eigenvalue weighted by molar-refractivity contribution is 0.0687. The summed E-state index contributed by atoms with van der Waals surface area (Å²) in [6.45, 7) is 0. The molecule has 3 aromatic rings. The first-order valence-electron chi connectivity index (χ1n) is 7.26. The van der Waals surface area contributed by atoms with Gasteiger partial charge in [0, 0.05) is 6.07 Å². The van der Waals surface area contributed by atoms with Gasteiger partial charge in [0.1, 0.15) is 17.2 Å². The second kappa shape index (κ2) is 6.91. The molecule has 0 aliphatic heterocycles. The van der Waals surface area contributed by atoms with Crippen molar-refractivity contribution in [3.63, 3.8) is 0 Å². The molecule has 1 heterocycles. The van der Waals surface area contributed by atoms with Crippen LogP contribution in [0.2, 0.25) is 0 Å². The molecule has 0 spiro atoms. The highest BCUT2D eigenvalue weighted by molar-refractivity contribution is 5.87. The van der Waals surface area contributed by atoms with E-state index in [9.17, 15) is 4.79 Å². The molecule has 0 atom stereocenters. The molecule has 0 radical (unpaired) electrons. The third kappa shape index (κ3) is 3.52. The van der Waals surface area contributed by atoms with Gasteiger partial charge in [0.15, 0.2) is 0 Å². The second-order valence-corrected chi connectivity index (χ2v) is 5.02. The predicted molar refractivity (Wildman–Crippen MR) is 88.4 cm³/mol. The maximum absolute atomic E-state index is 11.0. The number of aromatic nitrogens is 3. The number of hydrogen-bond acceptors (Lipinski definition) is 6. The Morgan fingerprint density at radius 3 is 2.16 bits per heavy atom. The van der Waals surface area contributed by atoms with Gasteiger partial charge in [-0.1, -0.05) is 22.4 Å². The summed E-state index contributed by atoms with van der Waals surface area (Å²) in [5.41, 5.74) is 1.63. The molecule has 0 saturated heterocycles. The van der Waals surface area contributed by atoms with Gasteiger partial charge in [0.05, 0.1) is 14.2 Å². The maximum Gasteiger partial charge on any atom is 0.359 e. The SMILES string of the molecule is COc1cc(OC)cc(-c2ccc(Oc3nn[nH]c3C(=O)O)cc2)c1. The second-order valence-electron chi connectivity index (χ2n) is 5.02. The molecule has 8 nitrogen and oxygen atoms in total. The number of carboxylic acid groups (broad SMARTS) is 1. The first-order valence-corrected chi connectivity index (χ1v) is 7.26. The number of carboxylic acids is 1. The Morgan fingerprint density at radius 2 is 1.60 bits per heavy atom. The van der Waals surface area contributed by atoms with Crippen LogP contribution in [0.5, 0.6) is 23.1 Å². The summed E-state index contributed by atoms with van der Waals surface area (Å²) in [5.74, 6) is 0.519. The number of benzene rings is 2. The van der Waals surface area contributed by atoms with E-state index >= 15 is 0 Å². The fourth-order valence-corrected chi connectivity index (χ4v) is 2.23. The van der Waals surface area contributed by atoms with Crippen molar-refractivity contribution in [3.05, 3.63) is 48.2 Å². The number of H-pyrrole nitrogens is 1. The summed E-state index contributed by atoms with van der Waals surface area (Å²) in [6.07, 6.45) is 0. The predicted octanol–water partition coefficient (Wildman–Crippen LogP) is 2.98. The fraction of sp³-hybridized carbons (Fsp3) is 0.118. The minimum absolute atomic E-state index is 0.0942. The minimum Gasteiger partial charge on any atom is -0.497 e. The number of ether oxygens (including phenoxy) is 3. The molecular weight excluding hydrogens is 326 g/mol. The minimum atomic E-state index is -1.19. The third-order valence-electron chi connectivity index (χ3n) is 3.48. The average molecular weight is 341 g/mol. The van der Waals surface area contributed by atoms with E-state index in [4.69, 9.17) is 19.3 Å². The van der Waals surface area contributed by atoms with Gasteiger partial charge in [0.25, 0.3) is 5.88 Å².